The summed E-state index contributed by atoms with van der Waals surface area (Å²) in [7, 11) is 0. The van der Waals surface area contributed by atoms with Gasteiger partial charge in [-0.25, -0.2) is 0 Å². The van der Waals surface area contributed by atoms with Gasteiger partial charge >= 0.3 is 0 Å². The molecule has 0 spiro atoms. The van der Waals surface area contributed by atoms with Gasteiger partial charge in [-0.1, -0.05) is 0 Å². The van der Waals surface area contributed by atoms with Crippen LogP contribution in [0.1, 0.15) is 9.67 Å². The highest BCUT2D eigenvalue weighted by Crippen LogP contribution is 2.22. The lowest BCUT2D eigenvalue weighted by Crippen LogP contribution is -2.09. The number of rotatable bonds is 2. The Kier molecular flexibility index (Phi) is 2.89. The van der Waals surface area contributed by atoms with Crippen molar-refractivity contribution in [2.45, 2.75) is 0 Å². The second kappa shape index (κ2) is 4.55. The maximum Gasteiger partial charge on any atom is 0.265 e. The first-order valence-corrected chi connectivity index (χ1v) is 6.88. The first-order chi connectivity index (χ1) is 8.72. The molecule has 0 aliphatic carbocycles. The van der Waals surface area contributed by atoms with Gasteiger partial charge < -0.3 is 5.32 Å². The van der Waals surface area contributed by atoms with E-state index < -0.39 is 0 Å². The monoisotopic (exact) mass is 321 g/mol. The Morgan fingerprint density at radius 2 is 2.28 bits per heavy atom. The van der Waals surface area contributed by atoms with Crippen LogP contribution in [0, 0.1) is 0 Å². The first-order valence-electron chi connectivity index (χ1n) is 5.21. The van der Waals surface area contributed by atoms with Crippen molar-refractivity contribution >= 4 is 49.8 Å². The molecule has 1 amide bonds. The first kappa shape index (κ1) is 11.4. The van der Waals surface area contributed by atoms with Crippen LogP contribution in [0.15, 0.2) is 40.3 Å². The summed E-state index contributed by atoms with van der Waals surface area (Å²) in [6.07, 6.45) is 1.75. The van der Waals surface area contributed by atoms with Crippen LogP contribution in [0.4, 0.5) is 5.69 Å². The Balaban J connectivity index is 1.85. The smallest absolute Gasteiger partial charge is 0.265 e. The molecule has 0 radical (unpaired) electrons. The summed E-state index contributed by atoms with van der Waals surface area (Å²) in [6, 6.07) is 7.44. The standard InChI is InChI=1S/C12H8BrN3OS/c13-8-3-11(18-6-8)12(17)15-9-2-1-7-5-14-16-10(7)4-9/h1-6H,(H,14,16)(H,15,17). The molecule has 0 saturated carbocycles. The van der Waals surface area contributed by atoms with E-state index in [1.807, 2.05) is 23.6 Å². The van der Waals surface area contributed by atoms with Crippen LogP contribution < -0.4 is 5.32 Å². The Bertz CT molecular complexity index is 719. The molecule has 0 aliphatic rings. The number of hydrogen-bond acceptors (Lipinski definition) is 3. The van der Waals surface area contributed by atoms with Gasteiger partial charge in [0.25, 0.3) is 5.91 Å². The normalized spacial score (nSPS) is 10.7. The van der Waals surface area contributed by atoms with E-state index in [1.165, 1.54) is 11.3 Å². The number of fused-ring (bicyclic) bond motifs is 1. The van der Waals surface area contributed by atoms with Crippen LogP contribution in [0.3, 0.4) is 0 Å². The second-order valence-electron chi connectivity index (χ2n) is 3.76. The molecule has 2 heterocycles. The summed E-state index contributed by atoms with van der Waals surface area (Å²) in [5.74, 6) is -0.107. The van der Waals surface area contributed by atoms with Crippen molar-refractivity contribution in [3.05, 3.63) is 45.2 Å². The molecule has 1 aromatic carbocycles. The highest BCUT2D eigenvalue weighted by Gasteiger charge is 2.09. The number of amides is 1. The maximum absolute atomic E-state index is 12.0. The highest BCUT2D eigenvalue weighted by atomic mass is 79.9. The number of nitrogens with zero attached hydrogens (tertiary/aromatic N) is 1. The number of halogens is 1. The number of benzene rings is 1. The molecule has 18 heavy (non-hydrogen) atoms. The van der Waals surface area contributed by atoms with Gasteiger partial charge in [-0.05, 0) is 40.2 Å². The predicted octanol–water partition coefficient (Wildman–Crippen LogP) is 3.64. The minimum atomic E-state index is -0.107. The fraction of sp³-hybridized carbons (Fsp3) is 0. The zero-order valence-electron chi connectivity index (χ0n) is 9.11. The zero-order chi connectivity index (χ0) is 12.5. The van der Waals surface area contributed by atoms with Crippen molar-refractivity contribution in [2.24, 2.45) is 0 Å². The molecule has 4 nitrogen and oxygen atoms in total. The number of aromatic nitrogens is 2. The fourth-order valence-corrected chi connectivity index (χ4v) is 2.96. The molecule has 0 unspecified atom stereocenters. The van der Waals surface area contributed by atoms with Crippen LogP contribution in [0.5, 0.6) is 0 Å². The van der Waals surface area contributed by atoms with Crippen molar-refractivity contribution in [3.63, 3.8) is 0 Å². The quantitative estimate of drug-likeness (QED) is 0.757. The molecular formula is C12H8BrN3OS. The topological polar surface area (TPSA) is 57.8 Å². The van der Waals surface area contributed by atoms with E-state index in [-0.39, 0.29) is 5.91 Å². The molecule has 3 rings (SSSR count). The van der Waals surface area contributed by atoms with Gasteiger partial charge in [-0.3, -0.25) is 9.89 Å². The van der Waals surface area contributed by atoms with Crippen LogP contribution >= 0.6 is 27.3 Å². The maximum atomic E-state index is 12.0. The van der Waals surface area contributed by atoms with E-state index in [0.29, 0.717) is 4.88 Å². The summed E-state index contributed by atoms with van der Waals surface area (Å²) in [5, 5.41) is 12.6. The van der Waals surface area contributed by atoms with Gasteiger partial charge in [-0.15, -0.1) is 11.3 Å². The number of anilines is 1. The number of thiophene rings is 1. The van der Waals surface area contributed by atoms with E-state index >= 15 is 0 Å². The summed E-state index contributed by atoms with van der Waals surface area (Å²) in [4.78, 5) is 12.6. The van der Waals surface area contributed by atoms with Gasteiger partial charge in [-0.2, -0.15) is 5.10 Å². The third-order valence-electron chi connectivity index (χ3n) is 2.49. The molecule has 0 saturated heterocycles. The Hall–Kier alpha value is -1.66. The third kappa shape index (κ3) is 2.16. The number of carbonyl (C=O) groups excluding carboxylic acids is 1. The van der Waals surface area contributed by atoms with Crippen molar-refractivity contribution in [3.8, 4) is 0 Å². The van der Waals surface area contributed by atoms with E-state index in [1.54, 1.807) is 12.3 Å². The molecule has 90 valence electrons. The van der Waals surface area contributed by atoms with Crippen LogP contribution in [0.2, 0.25) is 0 Å². The summed E-state index contributed by atoms with van der Waals surface area (Å²) < 4.78 is 0.918. The largest absolute Gasteiger partial charge is 0.321 e. The van der Waals surface area contributed by atoms with Gasteiger partial charge in [0, 0.05) is 20.9 Å². The van der Waals surface area contributed by atoms with Gasteiger partial charge in [0.05, 0.1) is 16.6 Å². The molecule has 2 N–H and O–H groups in total. The predicted molar refractivity (Wildman–Crippen MR) is 76.1 cm³/mol. The number of nitrogens with one attached hydrogen (secondary N) is 2. The van der Waals surface area contributed by atoms with Crippen LogP contribution in [-0.2, 0) is 0 Å². The average Bonchev–Trinajstić information content (AvgIpc) is 2.96. The lowest BCUT2D eigenvalue weighted by Gasteiger charge is -2.03. The molecule has 2 aromatic heterocycles. The second-order valence-corrected chi connectivity index (χ2v) is 5.58. The van der Waals surface area contributed by atoms with Gasteiger partial charge in [0.1, 0.15) is 0 Å². The summed E-state index contributed by atoms with van der Waals surface area (Å²) >= 11 is 4.73. The number of H-pyrrole nitrogens is 1. The lowest BCUT2D eigenvalue weighted by atomic mass is 10.2. The Morgan fingerprint density at radius 1 is 1.39 bits per heavy atom. The SMILES string of the molecule is O=C(Nc1ccc2cn[nH]c2c1)c1cc(Br)cs1. The van der Waals surface area contributed by atoms with Gasteiger partial charge in [0.15, 0.2) is 0 Å². The minimum Gasteiger partial charge on any atom is -0.321 e. The molecule has 6 heteroatoms. The highest BCUT2D eigenvalue weighted by molar-refractivity contribution is 9.10. The molecule has 0 fully saturated rings. The molecule has 3 aromatic rings. The van der Waals surface area contributed by atoms with E-state index in [0.717, 1.165) is 21.1 Å². The van der Waals surface area contributed by atoms with E-state index in [4.69, 9.17) is 0 Å². The average molecular weight is 322 g/mol. The van der Waals surface area contributed by atoms with Crippen LogP contribution in [-0.4, -0.2) is 16.1 Å². The number of hydrogen-bond donors (Lipinski definition) is 2. The molecule has 0 atom stereocenters. The van der Waals surface area contributed by atoms with E-state index in [9.17, 15) is 4.79 Å². The van der Waals surface area contributed by atoms with Crippen molar-refractivity contribution in [1.29, 1.82) is 0 Å². The minimum absolute atomic E-state index is 0.107. The molecular weight excluding hydrogens is 314 g/mol. The Labute approximate surface area is 115 Å². The van der Waals surface area contributed by atoms with Crippen LogP contribution in [0.25, 0.3) is 10.9 Å². The van der Waals surface area contributed by atoms with Crippen molar-refractivity contribution in [1.82, 2.24) is 10.2 Å². The number of aromatic amines is 1. The van der Waals surface area contributed by atoms with Crippen molar-refractivity contribution < 1.29 is 4.79 Å². The third-order valence-corrected chi connectivity index (χ3v) is 4.18. The summed E-state index contributed by atoms with van der Waals surface area (Å²) in [6.45, 7) is 0. The van der Waals surface area contributed by atoms with E-state index in [2.05, 4.69) is 31.4 Å². The zero-order valence-corrected chi connectivity index (χ0v) is 11.5. The van der Waals surface area contributed by atoms with Crippen molar-refractivity contribution in [2.75, 3.05) is 5.32 Å². The number of carbonyl (C=O) groups is 1. The fourth-order valence-electron chi connectivity index (χ4n) is 1.64. The lowest BCUT2D eigenvalue weighted by molar-refractivity contribution is 0.103. The molecule has 0 aliphatic heterocycles. The Morgan fingerprint density at radius 3 is 3.06 bits per heavy atom. The summed E-state index contributed by atoms with van der Waals surface area (Å²) in [5.41, 5.74) is 1.65. The molecule has 0 bridgehead atoms. The van der Waals surface area contributed by atoms with Gasteiger partial charge in [0.2, 0.25) is 0 Å².